The molecular weight excluding hydrogens is 412 g/mol. The second-order valence-corrected chi connectivity index (χ2v) is 8.96. The summed E-state index contributed by atoms with van der Waals surface area (Å²) in [6.07, 6.45) is 3.09. The number of aryl methyl sites for hydroxylation is 1. The molecular formula is C27H30N4O2. The Morgan fingerprint density at radius 2 is 1.79 bits per heavy atom. The summed E-state index contributed by atoms with van der Waals surface area (Å²) in [6.45, 7) is 5.14. The third kappa shape index (κ3) is 4.35. The fraction of sp³-hybridized carbons (Fsp3) is 0.370. The van der Waals surface area contributed by atoms with Crippen molar-refractivity contribution < 1.29 is 4.79 Å². The molecule has 0 saturated carbocycles. The maximum absolute atomic E-state index is 13.5. The minimum Gasteiger partial charge on any atom is -0.310 e. The Bertz CT molecular complexity index is 1220. The topological polar surface area (TPSA) is 58.4 Å². The number of carbonyl (C=O) groups excluding carboxylic acids is 1. The lowest BCUT2D eigenvalue weighted by Gasteiger charge is -2.29. The van der Waals surface area contributed by atoms with Gasteiger partial charge in [0.15, 0.2) is 0 Å². The Balaban J connectivity index is 1.40. The summed E-state index contributed by atoms with van der Waals surface area (Å²) in [6, 6.07) is 18.4. The van der Waals surface area contributed by atoms with E-state index in [-0.39, 0.29) is 18.0 Å². The Morgan fingerprint density at radius 1 is 1.00 bits per heavy atom. The predicted molar refractivity (Wildman–Crippen MR) is 129 cm³/mol. The van der Waals surface area contributed by atoms with E-state index >= 15 is 0 Å². The third-order valence-electron chi connectivity index (χ3n) is 6.68. The Labute approximate surface area is 194 Å². The number of benzene rings is 2. The standard InChI is InChI=1S/C27H30N4O2/c1-2-8-25-28-23-18-29(17-20-9-4-3-5-10-20)15-14-22(23)27(33)31(25)19-26(32)30-16-13-21-11-6-7-12-24(21)30/h3-7,9-12H,2,8,13-19H2,1H3. The van der Waals surface area contributed by atoms with Crippen molar-refractivity contribution in [3.05, 3.63) is 93.2 Å². The zero-order valence-electron chi connectivity index (χ0n) is 19.2. The van der Waals surface area contributed by atoms with Crippen LogP contribution in [-0.4, -0.2) is 33.4 Å². The molecule has 5 rings (SSSR count). The van der Waals surface area contributed by atoms with Gasteiger partial charge in [-0.15, -0.1) is 0 Å². The highest BCUT2D eigenvalue weighted by atomic mass is 16.2. The van der Waals surface area contributed by atoms with E-state index < -0.39 is 0 Å². The van der Waals surface area contributed by atoms with Gasteiger partial charge in [0.05, 0.1) is 5.69 Å². The van der Waals surface area contributed by atoms with Crippen LogP contribution < -0.4 is 10.5 Å². The van der Waals surface area contributed by atoms with Crippen LogP contribution in [-0.2, 0) is 43.7 Å². The minimum atomic E-state index is -0.0392. The Morgan fingerprint density at radius 3 is 2.61 bits per heavy atom. The van der Waals surface area contributed by atoms with Crippen LogP contribution in [0.4, 0.5) is 5.69 Å². The van der Waals surface area contributed by atoms with Crippen LogP contribution >= 0.6 is 0 Å². The Kier molecular flexibility index (Phi) is 6.09. The summed E-state index contributed by atoms with van der Waals surface area (Å²) in [5.41, 5.74) is 5.03. The fourth-order valence-electron chi connectivity index (χ4n) is 5.00. The molecule has 0 bridgehead atoms. The number of anilines is 1. The van der Waals surface area contributed by atoms with Crippen molar-refractivity contribution in [1.29, 1.82) is 0 Å². The van der Waals surface area contributed by atoms with Gasteiger partial charge in [-0.2, -0.15) is 0 Å². The number of hydrogen-bond donors (Lipinski definition) is 0. The molecule has 0 aliphatic carbocycles. The monoisotopic (exact) mass is 442 g/mol. The first-order chi connectivity index (χ1) is 16.1. The van der Waals surface area contributed by atoms with E-state index in [0.29, 0.717) is 25.9 Å². The second-order valence-electron chi connectivity index (χ2n) is 8.96. The van der Waals surface area contributed by atoms with E-state index in [0.717, 1.165) is 48.7 Å². The quantitative estimate of drug-likeness (QED) is 0.588. The lowest BCUT2D eigenvalue weighted by atomic mass is 10.0. The molecule has 0 unspecified atom stereocenters. The average Bonchev–Trinajstić information content (AvgIpc) is 3.27. The highest BCUT2D eigenvalue weighted by molar-refractivity contribution is 5.95. The number of amides is 1. The van der Waals surface area contributed by atoms with Crippen molar-refractivity contribution in [3.63, 3.8) is 0 Å². The summed E-state index contributed by atoms with van der Waals surface area (Å²) in [5.74, 6) is 0.686. The van der Waals surface area contributed by atoms with Gasteiger partial charge in [0.2, 0.25) is 5.91 Å². The van der Waals surface area contributed by atoms with Gasteiger partial charge in [-0.1, -0.05) is 55.5 Å². The Hall–Kier alpha value is -3.25. The second kappa shape index (κ2) is 9.32. The first-order valence-electron chi connectivity index (χ1n) is 11.9. The molecule has 3 aromatic rings. The van der Waals surface area contributed by atoms with Gasteiger partial charge in [0.1, 0.15) is 12.4 Å². The lowest BCUT2D eigenvalue weighted by Crippen LogP contribution is -2.41. The van der Waals surface area contributed by atoms with Crippen LogP contribution in [0, 0.1) is 0 Å². The number of aromatic nitrogens is 2. The molecule has 3 heterocycles. The summed E-state index contributed by atoms with van der Waals surface area (Å²) < 4.78 is 1.64. The van der Waals surface area contributed by atoms with Gasteiger partial charge in [-0.05, 0) is 36.5 Å². The van der Waals surface area contributed by atoms with Gasteiger partial charge in [0, 0.05) is 43.9 Å². The largest absolute Gasteiger partial charge is 0.310 e. The summed E-state index contributed by atoms with van der Waals surface area (Å²) in [5, 5.41) is 0. The van der Waals surface area contributed by atoms with E-state index in [1.165, 1.54) is 11.1 Å². The molecule has 170 valence electrons. The lowest BCUT2D eigenvalue weighted by molar-refractivity contribution is -0.119. The number of para-hydroxylation sites is 1. The van der Waals surface area contributed by atoms with Crippen molar-refractivity contribution in [2.24, 2.45) is 0 Å². The van der Waals surface area contributed by atoms with Crippen LogP contribution in [0.15, 0.2) is 59.4 Å². The molecule has 6 nitrogen and oxygen atoms in total. The molecule has 2 aromatic carbocycles. The van der Waals surface area contributed by atoms with E-state index in [4.69, 9.17) is 4.98 Å². The van der Waals surface area contributed by atoms with Crippen LogP contribution in [0.2, 0.25) is 0 Å². The minimum absolute atomic E-state index is 0.0383. The smallest absolute Gasteiger partial charge is 0.257 e. The summed E-state index contributed by atoms with van der Waals surface area (Å²) in [7, 11) is 0. The molecule has 1 amide bonds. The number of carbonyl (C=O) groups is 1. The van der Waals surface area contributed by atoms with E-state index in [1.807, 2.05) is 29.2 Å². The number of hydrogen-bond acceptors (Lipinski definition) is 4. The third-order valence-corrected chi connectivity index (χ3v) is 6.68. The van der Waals surface area contributed by atoms with E-state index in [2.05, 4.69) is 42.2 Å². The zero-order valence-corrected chi connectivity index (χ0v) is 19.2. The average molecular weight is 443 g/mol. The maximum Gasteiger partial charge on any atom is 0.257 e. The van der Waals surface area contributed by atoms with Crippen molar-refractivity contribution in [2.45, 2.75) is 52.2 Å². The van der Waals surface area contributed by atoms with Crippen LogP contribution in [0.1, 0.15) is 41.6 Å². The molecule has 33 heavy (non-hydrogen) atoms. The molecule has 2 aliphatic rings. The van der Waals surface area contributed by atoms with Crippen LogP contribution in [0.3, 0.4) is 0 Å². The first kappa shape index (κ1) is 21.6. The molecule has 0 atom stereocenters. The van der Waals surface area contributed by atoms with Gasteiger partial charge in [-0.3, -0.25) is 19.1 Å². The zero-order chi connectivity index (χ0) is 22.8. The summed E-state index contributed by atoms with van der Waals surface area (Å²) >= 11 is 0. The first-order valence-corrected chi connectivity index (χ1v) is 11.9. The summed E-state index contributed by atoms with van der Waals surface area (Å²) in [4.78, 5) is 35.8. The molecule has 0 radical (unpaired) electrons. The maximum atomic E-state index is 13.5. The van der Waals surface area contributed by atoms with Gasteiger partial charge in [-0.25, -0.2) is 4.98 Å². The molecule has 6 heteroatoms. The predicted octanol–water partition coefficient (Wildman–Crippen LogP) is 3.34. The molecule has 1 aromatic heterocycles. The number of nitrogens with zero attached hydrogens (tertiary/aromatic N) is 4. The van der Waals surface area contributed by atoms with Crippen molar-refractivity contribution in [1.82, 2.24) is 14.5 Å². The van der Waals surface area contributed by atoms with E-state index in [1.54, 1.807) is 4.57 Å². The number of fused-ring (bicyclic) bond motifs is 2. The SMILES string of the molecule is CCCc1nc2c(c(=O)n1CC(=O)N1CCc3ccccc31)CCN(Cc1ccccc1)C2. The molecule has 0 fully saturated rings. The normalized spacial score (nSPS) is 15.4. The molecule has 2 aliphatic heterocycles. The van der Waals surface area contributed by atoms with Gasteiger partial charge in [0.25, 0.3) is 5.56 Å². The van der Waals surface area contributed by atoms with Crippen molar-refractivity contribution in [3.8, 4) is 0 Å². The highest BCUT2D eigenvalue weighted by Crippen LogP contribution is 2.27. The van der Waals surface area contributed by atoms with Gasteiger partial charge >= 0.3 is 0 Å². The molecule has 0 spiro atoms. The highest BCUT2D eigenvalue weighted by Gasteiger charge is 2.27. The molecule has 0 saturated heterocycles. The van der Waals surface area contributed by atoms with Crippen LogP contribution in [0.5, 0.6) is 0 Å². The van der Waals surface area contributed by atoms with Crippen LogP contribution in [0.25, 0.3) is 0 Å². The van der Waals surface area contributed by atoms with Crippen molar-refractivity contribution >= 4 is 11.6 Å². The van der Waals surface area contributed by atoms with Gasteiger partial charge < -0.3 is 4.90 Å². The number of rotatable bonds is 6. The van der Waals surface area contributed by atoms with Crippen molar-refractivity contribution in [2.75, 3.05) is 18.0 Å². The molecule has 0 N–H and O–H groups in total. The van der Waals surface area contributed by atoms with E-state index in [9.17, 15) is 9.59 Å². The fourth-order valence-corrected chi connectivity index (χ4v) is 5.00.